The summed E-state index contributed by atoms with van der Waals surface area (Å²) in [6.07, 6.45) is 0. The molecule has 0 spiro atoms. The third kappa shape index (κ3) is 4.23. The van der Waals surface area contributed by atoms with Gasteiger partial charge >= 0.3 is 0 Å². The number of rotatable bonds is 5. The summed E-state index contributed by atoms with van der Waals surface area (Å²) in [7, 11) is 1.58. The smallest absolute Gasteiger partial charge is 0.255 e. The van der Waals surface area contributed by atoms with Crippen molar-refractivity contribution >= 4 is 46.2 Å². The Morgan fingerprint density at radius 2 is 2.07 bits per heavy atom. The Kier molecular flexibility index (Phi) is 5.46. The molecule has 8 heteroatoms. The molecule has 4 N–H and O–H groups in total. The van der Waals surface area contributed by atoms with E-state index >= 15 is 0 Å². The molecule has 1 aliphatic heterocycles. The van der Waals surface area contributed by atoms with Crippen molar-refractivity contribution in [1.82, 2.24) is 10.3 Å². The minimum absolute atomic E-state index is 0.0474. The minimum Gasteiger partial charge on any atom is -0.497 e. The Morgan fingerprint density at radius 3 is 2.83 bits per heavy atom. The maximum Gasteiger partial charge on any atom is 0.255 e. The highest BCUT2D eigenvalue weighted by Crippen LogP contribution is 2.42. The van der Waals surface area contributed by atoms with E-state index in [0.717, 1.165) is 26.8 Å². The van der Waals surface area contributed by atoms with Gasteiger partial charge in [-0.05, 0) is 42.7 Å². The number of carbonyl (C=O) groups is 1. The van der Waals surface area contributed by atoms with E-state index in [9.17, 15) is 4.79 Å². The highest BCUT2D eigenvalue weighted by Gasteiger charge is 2.24. The van der Waals surface area contributed by atoms with Gasteiger partial charge in [0.25, 0.3) is 5.91 Å². The number of hydrogen-bond donors (Lipinski definition) is 3. The SMILES string of the molecule is COc1cccc(C(=O)Nc2cccc(C3=CSC(c4sc(C)nc4N)N3)c2)c1. The van der Waals surface area contributed by atoms with E-state index in [2.05, 4.69) is 21.0 Å². The molecule has 6 nitrogen and oxygen atoms in total. The molecule has 0 fully saturated rings. The van der Waals surface area contributed by atoms with Crippen LogP contribution >= 0.6 is 23.1 Å². The van der Waals surface area contributed by atoms with Gasteiger partial charge in [0, 0.05) is 22.5 Å². The number of hydrogen-bond acceptors (Lipinski definition) is 7. The molecule has 0 saturated carbocycles. The molecule has 1 amide bonds. The van der Waals surface area contributed by atoms with Gasteiger partial charge in [-0.25, -0.2) is 4.98 Å². The third-order valence-corrected chi connectivity index (χ3v) is 6.60. The molecule has 0 aliphatic carbocycles. The van der Waals surface area contributed by atoms with Crippen molar-refractivity contribution in [3.05, 3.63) is 75.0 Å². The van der Waals surface area contributed by atoms with Crippen LogP contribution in [0, 0.1) is 6.92 Å². The van der Waals surface area contributed by atoms with Crippen molar-refractivity contribution in [3.8, 4) is 5.75 Å². The van der Waals surface area contributed by atoms with Crippen LogP contribution in [0.15, 0.2) is 53.9 Å². The van der Waals surface area contributed by atoms with Crippen molar-refractivity contribution in [2.45, 2.75) is 12.3 Å². The predicted octanol–water partition coefficient (Wildman–Crippen LogP) is 4.63. The monoisotopic (exact) mass is 424 g/mol. The highest BCUT2D eigenvalue weighted by atomic mass is 32.2. The van der Waals surface area contributed by atoms with Crippen LogP contribution in [0.1, 0.15) is 31.2 Å². The maximum absolute atomic E-state index is 12.6. The summed E-state index contributed by atoms with van der Waals surface area (Å²) in [5, 5.41) is 9.51. The van der Waals surface area contributed by atoms with E-state index in [1.54, 1.807) is 54.5 Å². The van der Waals surface area contributed by atoms with Crippen molar-refractivity contribution < 1.29 is 9.53 Å². The Hall–Kier alpha value is -2.97. The van der Waals surface area contributed by atoms with Crippen LogP contribution in [0.25, 0.3) is 5.70 Å². The van der Waals surface area contributed by atoms with Crippen molar-refractivity contribution in [3.63, 3.8) is 0 Å². The van der Waals surface area contributed by atoms with Crippen LogP contribution < -0.4 is 21.1 Å². The number of anilines is 2. The fourth-order valence-electron chi connectivity index (χ4n) is 3.00. The van der Waals surface area contributed by atoms with Crippen LogP contribution in [0.4, 0.5) is 11.5 Å². The first kappa shape index (κ1) is 19.4. The molecule has 3 aromatic rings. The van der Waals surface area contributed by atoms with Crippen LogP contribution in [0.2, 0.25) is 0 Å². The fourth-order valence-corrected chi connectivity index (χ4v) is 5.01. The summed E-state index contributed by atoms with van der Waals surface area (Å²) in [5.41, 5.74) is 9.27. The van der Waals surface area contributed by atoms with Gasteiger partial charge in [-0.2, -0.15) is 0 Å². The van der Waals surface area contributed by atoms with E-state index in [4.69, 9.17) is 10.5 Å². The number of nitrogens with zero attached hydrogens (tertiary/aromatic N) is 1. The highest BCUT2D eigenvalue weighted by molar-refractivity contribution is 8.02. The van der Waals surface area contributed by atoms with Gasteiger partial charge in [-0.15, -0.1) is 23.1 Å². The number of methoxy groups -OCH3 is 1. The number of nitrogens with two attached hydrogens (primary N) is 1. The summed E-state index contributed by atoms with van der Waals surface area (Å²) in [6.45, 7) is 1.95. The number of thioether (sulfide) groups is 1. The number of ether oxygens (including phenoxy) is 1. The number of benzene rings is 2. The average Bonchev–Trinajstić information content (AvgIpc) is 3.34. The fraction of sp³-hybridized carbons (Fsp3) is 0.143. The lowest BCUT2D eigenvalue weighted by molar-refractivity contribution is 0.102. The second-order valence-corrected chi connectivity index (χ2v) is 8.66. The zero-order valence-electron chi connectivity index (χ0n) is 15.9. The average molecular weight is 425 g/mol. The lowest BCUT2D eigenvalue weighted by atomic mass is 10.1. The quantitative estimate of drug-likeness (QED) is 0.553. The molecule has 0 radical (unpaired) electrons. The number of thiazole rings is 1. The molecular weight excluding hydrogens is 404 g/mol. The Morgan fingerprint density at radius 1 is 1.24 bits per heavy atom. The molecule has 0 saturated heterocycles. The van der Waals surface area contributed by atoms with E-state index < -0.39 is 0 Å². The van der Waals surface area contributed by atoms with Gasteiger partial charge in [0.1, 0.15) is 16.9 Å². The zero-order chi connectivity index (χ0) is 20.4. The molecule has 29 heavy (non-hydrogen) atoms. The van der Waals surface area contributed by atoms with E-state index in [1.165, 1.54) is 0 Å². The number of nitrogen functional groups attached to an aromatic ring is 1. The Balaban J connectivity index is 1.48. The normalized spacial score (nSPS) is 15.5. The molecule has 148 valence electrons. The third-order valence-electron chi connectivity index (χ3n) is 4.40. The number of amides is 1. The van der Waals surface area contributed by atoms with E-state index in [-0.39, 0.29) is 11.3 Å². The molecular formula is C21H20N4O2S2. The standard InChI is InChI=1S/C21H20N4O2S2/c1-12-23-19(22)18(29-12)21-25-17(11-28-21)13-5-3-7-15(9-13)24-20(26)14-6-4-8-16(10-14)27-2/h3-11,21,25H,22H2,1-2H3,(H,24,26). The first-order valence-corrected chi connectivity index (χ1v) is 10.7. The van der Waals surface area contributed by atoms with Crippen LogP contribution in [0.5, 0.6) is 5.75 Å². The second-order valence-electron chi connectivity index (χ2n) is 6.44. The lowest BCUT2D eigenvalue weighted by Crippen LogP contribution is -2.14. The first-order chi connectivity index (χ1) is 14.0. The van der Waals surface area contributed by atoms with Gasteiger partial charge < -0.3 is 21.1 Å². The van der Waals surface area contributed by atoms with Gasteiger partial charge in [-0.3, -0.25) is 4.79 Å². The maximum atomic E-state index is 12.6. The van der Waals surface area contributed by atoms with Gasteiger partial charge in [0.2, 0.25) is 0 Å². The molecule has 1 aliphatic rings. The molecule has 1 aromatic heterocycles. The molecule has 1 unspecified atom stereocenters. The number of nitrogens with one attached hydrogen (secondary N) is 2. The van der Waals surface area contributed by atoms with Crippen molar-refractivity contribution in [2.24, 2.45) is 0 Å². The summed E-state index contributed by atoms with van der Waals surface area (Å²) >= 11 is 3.26. The second kappa shape index (κ2) is 8.18. The molecule has 4 rings (SSSR count). The number of carbonyl (C=O) groups excluding carboxylic acids is 1. The zero-order valence-corrected chi connectivity index (χ0v) is 17.6. The predicted molar refractivity (Wildman–Crippen MR) is 120 cm³/mol. The number of aryl methyl sites for hydroxylation is 1. The Labute approximate surface area is 177 Å². The van der Waals surface area contributed by atoms with Gasteiger partial charge in [0.05, 0.1) is 17.0 Å². The molecule has 0 bridgehead atoms. The van der Waals surface area contributed by atoms with Gasteiger partial charge in [-0.1, -0.05) is 18.2 Å². The molecule has 2 heterocycles. The Bertz CT molecular complexity index is 1090. The largest absolute Gasteiger partial charge is 0.497 e. The van der Waals surface area contributed by atoms with Crippen LogP contribution in [-0.2, 0) is 0 Å². The minimum atomic E-state index is -0.186. The molecule has 2 aromatic carbocycles. The summed E-state index contributed by atoms with van der Waals surface area (Å²) in [4.78, 5) is 17.9. The van der Waals surface area contributed by atoms with Crippen LogP contribution in [0.3, 0.4) is 0 Å². The van der Waals surface area contributed by atoms with Crippen LogP contribution in [-0.4, -0.2) is 18.0 Å². The molecule has 1 atom stereocenters. The lowest BCUT2D eigenvalue weighted by Gasteiger charge is -2.13. The summed E-state index contributed by atoms with van der Waals surface area (Å²) in [6, 6.07) is 14.8. The first-order valence-electron chi connectivity index (χ1n) is 8.94. The van der Waals surface area contributed by atoms with Crippen molar-refractivity contribution in [2.75, 3.05) is 18.2 Å². The summed E-state index contributed by atoms with van der Waals surface area (Å²) < 4.78 is 5.19. The van der Waals surface area contributed by atoms with E-state index in [1.807, 2.05) is 31.2 Å². The topological polar surface area (TPSA) is 89.3 Å². The van der Waals surface area contributed by atoms with Crippen molar-refractivity contribution in [1.29, 1.82) is 0 Å². The van der Waals surface area contributed by atoms with Gasteiger partial charge in [0.15, 0.2) is 0 Å². The van der Waals surface area contributed by atoms with E-state index in [0.29, 0.717) is 17.1 Å². The number of aromatic nitrogens is 1. The summed E-state index contributed by atoms with van der Waals surface area (Å²) in [5.74, 6) is 1.04.